The molecule has 0 bridgehead atoms. The van der Waals surface area contributed by atoms with Crippen molar-refractivity contribution in [1.82, 2.24) is 0 Å². The second kappa shape index (κ2) is 9.48. The van der Waals surface area contributed by atoms with Crippen LogP contribution < -0.4 is 0 Å². The monoisotopic (exact) mass is 154 g/mol. The van der Waals surface area contributed by atoms with Gasteiger partial charge in [0.2, 0.25) is 0 Å². The average molecular weight is 154 g/mol. The van der Waals surface area contributed by atoms with E-state index in [1.165, 1.54) is 17.6 Å². The highest BCUT2D eigenvalue weighted by molar-refractivity contribution is 5.25. The average Bonchev–Trinajstić information content (AvgIpc) is 2.03. The summed E-state index contributed by atoms with van der Waals surface area (Å²) in [5.74, 6) is 0. The highest BCUT2D eigenvalue weighted by atomic mass is 13.9. The Bertz CT molecular complexity index is 111. The molecule has 0 saturated heterocycles. The largest absolute Gasteiger partial charge is 0.0845 e. The Kier molecular flexibility index (Phi) is 11.3. The fraction of sp³-hybridized carbons (Fsp3) is 0.636. The third kappa shape index (κ3) is 9.48. The molecule has 0 nitrogen and oxygen atoms in total. The van der Waals surface area contributed by atoms with E-state index in [0.717, 1.165) is 0 Å². The van der Waals surface area contributed by atoms with Gasteiger partial charge in [0.25, 0.3) is 0 Å². The lowest BCUT2D eigenvalue weighted by Crippen LogP contribution is -1.74. The van der Waals surface area contributed by atoms with Crippen LogP contribution in [0, 0.1) is 0 Å². The van der Waals surface area contributed by atoms with Crippen LogP contribution in [0.2, 0.25) is 0 Å². The predicted molar refractivity (Wildman–Crippen MR) is 54.8 cm³/mol. The van der Waals surface area contributed by atoms with E-state index < -0.39 is 0 Å². The van der Waals surface area contributed by atoms with Gasteiger partial charge in [0.05, 0.1) is 0 Å². The molecule has 0 unspecified atom stereocenters. The van der Waals surface area contributed by atoms with Gasteiger partial charge in [-0.3, -0.25) is 0 Å². The maximum atomic E-state index is 2.12. The van der Waals surface area contributed by atoms with Crippen LogP contribution in [0.15, 0.2) is 23.3 Å². The maximum Gasteiger partial charge on any atom is -0.0399 e. The Hall–Kier alpha value is -0.520. The fourth-order valence-corrected chi connectivity index (χ4v) is 0.455. The van der Waals surface area contributed by atoms with Crippen LogP contribution in [0.25, 0.3) is 0 Å². The summed E-state index contributed by atoms with van der Waals surface area (Å²) < 4.78 is 0. The highest BCUT2D eigenvalue weighted by Gasteiger charge is 1.84. The van der Waals surface area contributed by atoms with E-state index in [9.17, 15) is 0 Å². The summed E-state index contributed by atoms with van der Waals surface area (Å²) >= 11 is 0. The van der Waals surface area contributed by atoms with E-state index in [4.69, 9.17) is 0 Å². The second-order valence-electron chi connectivity index (χ2n) is 2.65. The van der Waals surface area contributed by atoms with Crippen molar-refractivity contribution < 1.29 is 0 Å². The molecule has 11 heavy (non-hydrogen) atoms. The molecule has 0 heteroatoms. The summed E-state index contributed by atoms with van der Waals surface area (Å²) in [5, 5.41) is 0. The van der Waals surface area contributed by atoms with Crippen molar-refractivity contribution in [3.05, 3.63) is 23.3 Å². The SMILES string of the molecule is C/C=C(C)\C(C)=C/C.CCC. The number of rotatable bonds is 1. The van der Waals surface area contributed by atoms with Gasteiger partial charge in [0, 0.05) is 0 Å². The minimum absolute atomic E-state index is 1.25. The normalized spacial score (nSPS) is 12.2. The zero-order valence-electron chi connectivity index (χ0n) is 8.86. The van der Waals surface area contributed by atoms with Crippen molar-refractivity contribution in [2.24, 2.45) is 0 Å². The lowest BCUT2D eigenvalue weighted by molar-refractivity contribution is 1.09. The molecular formula is C11H22. The van der Waals surface area contributed by atoms with Gasteiger partial charge in [0.15, 0.2) is 0 Å². The summed E-state index contributed by atoms with van der Waals surface area (Å²) in [6.45, 7) is 12.6. The Morgan fingerprint density at radius 2 is 1.09 bits per heavy atom. The van der Waals surface area contributed by atoms with Gasteiger partial charge in [-0.1, -0.05) is 43.6 Å². The third-order valence-corrected chi connectivity index (χ3v) is 1.49. The van der Waals surface area contributed by atoms with Crippen LogP contribution in [0.4, 0.5) is 0 Å². The van der Waals surface area contributed by atoms with Gasteiger partial charge in [0.1, 0.15) is 0 Å². The molecule has 0 heterocycles. The number of hydrogen-bond acceptors (Lipinski definition) is 0. The van der Waals surface area contributed by atoms with Crippen LogP contribution >= 0.6 is 0 Å². The second-order valence-corrected chi connectivity index (χ2v) is 2.65. The van der Waals surface area contributed by atoms with E-state index in [2.05, 4.69) is 53.7 Å². The summed E-state index contributed by atoms with van der Waals surface area (Å²) in [5.41, 5.74) is 2.74. The quantitative estimate of drug-likeness (QED) is 0.493. The molecule has 0 radical (unpaired) electrons. The molecule has 0 aliphatic heterocycles. The first-order valence-electron chi connectivity index (χ1n) is 4.40. The zero-order valence-corrected chi connectivity index (χ0v) is 8.86. The van der Waals surface area contributed by atoms with Crippen LogP contribution in [0.5, 0.6) is 0 Å². The molecule has 0 rings (SSSR count). The molecule has 0 aromatic heterocycles. The molecule has 0 atom stereocenters. The van der Waals surface area contributed by atoms with Crippen LogP contribution in [-0.2, 0) is 0 Å². The van der Waals surface area contributed by atoms with E-state index in [-0.39, 0.29) is 0 Å². The van der Waals surface area contributed by atoms with Crippen molar-refractivity contribution >= 4 is 0 Å². The topological polar surface area (TPSA) is 0 Å². The number of hydrogen-bond donors (Lipinski definition) is 0. The summed E-state index contributed by atoms with van der Waals surface area (Å²) in [6.07, 6.45) is 5.49. The standard InChI is InChI=1S/C8H14.C3H8/c1-5-7(3)8(4)6-2;1-3-2/h5-6H,1-4H3;3H2,1-2H3/b7-5-,8-6-;. The van der Waals surface area contributed by atoms with Gasteiger partial charge in [-0.15, -0.1) is 0 Å². The van der Waals surface area contributed by atoms with Crippen molar-refractivity contribution in [1.29, 1.82) is 0 Å². The Morgan fingerprint density at radius 3 is 1.18 bits per heavy atom. The van der Waals surface area contributed by atoms with Crippen molar-refractivity contribution in [2.45, 2.75) is 48.0 Å². The molecule has 0 aromatic carbocycles. The first-order valence-corrected chi connectivity index (χ1v) is 4.40. The van der Waals surface area contributed by atoms with E-state index in [1.54, 1.807) is 0 Å². The maximum absolute atomic E-state index is 2.12. The molecule has 0 aromatic rings. The molecule has 0 saturated carbocycles. The number of allylic oxidation sites excluding steroid dienone is 4. The van der Waals surface area contributed by atoms with Gasteiger partial charge in [-0.05, 0) is 27.7 Å². The van der Waals surface area contributed by atoms with Gasteiger partial charge in [-0.2, -0.15) is 0 Å². The summed E-state index contributed by atoms with van der Waals surface area (Å²) in [6, 6.07) is 0. The van der Waals surface area contributed by atoms with Gasteiger partial charge in [-0.25, -0.2) is 0 Å². The Balaban J connectivity index is 0. The summed E-state index contributed by atoms with van der Waals surface area (Å²) in [4.78, 5) is 0. The minimum atomic E-state index is 1.25. The Morgan fingerprint density at radius 1 is 0.909 bits per heavy atom. The smallest absolute Gasteiger partial charge is 0.0399 e. The van der Waals surface area contributed by atoms with E-state index in [0.29, 0.717) is 0 Å². The van der Waals surface area contributed by atoms with Crippen LogP contribution in [0.3, 0.4) is 0 Å². The van der Waals surface area contributed by atoms with Crippen LogP contribution in [-0.4, -0.2) is 0 Å². The van der Waals surface area contributed by atoms with Gasteiger partial charge < -0.3 is 0 Å². The van der Waals surface area contributed by atoms with Crippen molar-refractivity contribution in [2.75, 3.05) is 0 Å². The van der Waals surface area contributed by atoms with Crippen molar-refractivity contribution in [3.63, 3.8) is 0 Å². The summed E-state index contributed by atoms with van der Waals surface area (Å²) in [7, 11) is 0. The first-order chi connectivity index (χ1) is 5.13. The van der Waals surface area contributed by atoms with Crippen molar-refractivity contribution in [3.8, 4) is 0 Å². The molecule has 0 amide bonds. The fourth-order valence-electron chi connectivity index (χ4n) is 0.455. The molecule has 0 aliphatic carbocycles. The third-order valence-electron chi connectivity index (χ3n) is 1.49. The molecular weight excluding hydrogens is 132 g/mol. The van der Waals surface area contributed by atoms with E-state index in [1.807, 2.05) is 0 Å². The lowest BCUT2D eigenvalue weighted by Gasteiger charge is -1.95. The van der Waals surface area contributed by atoms with Gasteiger partial charge >= 0.3 is 0 Å². The molecule has 0 N–H and O–H groups in total. The molecule has 0 aliphatic rings. The van der Waals surface area contributed by atoms with E-state index >= 15 is 0 Å². The molecule has 66 valence electrons. The molecule has 0 fully saturated rings. The minimum Gasteiger partial charge on any atom is -0.0845 e. The Labute approximate surface area is 72.0 Å². The first kappa shape index (κ1) is 13.1. The predicted octanol–water partition coefficient (Wildman–Crippen LogP) is 4.34. The van der Waals surface area contributed by atoms with Crippen LogP contribution in [0.1, 0.15) is 48.0 Å². The molecule has 0 spiro atoms. The lowest BCUT2D eigenvalue weighted by atomic mass is 10.1. The zero-order chi connectivity index (χ0) is 9.28. The highest BCUT2D eigenvalue weighted by Crippen LogP contribution is 2.05.